The highest BCUT2D eigenvalue weighted by Crippen LogP contribution is 2.23. The Morgan fingerprint density at radius 2 is 2.36 bits per heavy atom. The summed E-state index contributed by atoms with van der Waals surface area (Å²) >= 11 is 0. The lowest BCUT2D eigenvalue weighted by Crippen LogP contribution is -2.51. The van der Waals surface area contributed by atoms with Crippen LogP contribution in [0.3, 0.4) is 0 Å². The van der Waals surface area contributed by atoms with Crippen molar-refractivity contribution in [1.82, 2.24) is 0 Å². The van der Waals surface area contributed by atoms with Crippen LogP contribution in [-0.2, 0) is 9.53 Å². The molecule has 0 aromatic rings. The smallest absolute Gasteiger partial charge is 0.252 e. The lowest BCUT2D eigenvalue weighted by Gasteiger charge is -2.32. The summed E-state index contributed by atoms with van der Waals surface area (Å²) < 4.78 is 5.15. The van der Waals surface area contributed by atoms with Crippen molar-refractivity contribution < 1.29 is 14.6 Å². The number of rotatable bonds is 2. The molecule has 3 N–H and O–H groups in total. The summed E-state index contributed by atoms with van der Waals surface area (Å²) in [6.07, 6.45) is 2.37. The Hall–Kier alpha value is -0.610. The Balaban J connectivity index is 2.64. The van der Waals surface area contributed by atoms with E-state index in [4.69, 9.17) is 15.6 Å². The van der Waals surface area contributed by atoms with E-state index in [-0.39, 0.29) is 6.61 Å². The van der Waals surface area contributed by atoms with E-state index in [1.807, 2.05) is 0 Å². The fraction of sp³-hybridized carbons (Fsp3) is 0.857. The molecule has 64 valence electrons. The summed E-state index contributed by atoms with van der Waals surface area (Å²) in [5.41, 5.74) is 4.00. The van der Waals surface area contributed by atoms with E-state index in [1.165, 1.54) is 0 Å². The molecule has 0 aromatic heterocycles. The van der Waals surface area contributed by atoms with E-state index in [1.54, 1.807) is 0 Å². The maximum absolute atomic E-state index is 10.8. The van der Waals surface area contributed by atoms with Crippen LogP contribution in [0.25, 0.3) is 0 Å². The Kier molecular flexibility index (Phi) is 2.46. The van der Waals surface area contributed by atoms with Crippen molar-refractivity contribution in [2.45, 2.75) is 24.9 Å². The number of aliphatic hydroxyl groups excluding tert-OH is 1. The number of carbonyl (C=O) groups is 1. The Morgan fingerprint density at radius 1 is 1.64 bits per heavy atom. The van der Waals surface area contributed by atoms with Gasteiger partial charge in [-0.2, -0.15) is 0 Å². The molecule has 1 heterocycles. The highest BCUT2D eigenvalue weighted by Gasteiger charge is 2.38. The molecule has 1 atom stereocenters. The molecule has 1 saturated heterocycles. The molecule has 11 heavy (non-hydrogen) atoms. The Labute approximate surface area is 65.3 Å². The average molecular weight is 159 g/mol. The minimum absolute atomic E-state index is 0.303. The van der Waals surface area contributed by atoms with Gasteiger partial charge in [-0.05, 0) is 19.3 Å². The molecule has 1 unspecified atom stereocenters. The van der Waals surface area contributed by atoms with E-state index in [2.05, 4.69) is 0 Å². The molecular formula is C7H13NO3. The van der Waals surface area contributed by atoms with Gasteiger partial charge < -0.3 is 15.6 Å². The molecule has 4 heteroatoms. The van der Waals surface area contributed by atoms with Crippen LogP contribution in [0.1, 0.15) is 19.3 Å². The molecule has 0 radical (unpaired) electrons. The predicted molar refractivity (Wildman–Crippen MR) is 38.8 cm³/mol. The maximum atomic E-state index is 10.8. The zero-order chi connectivity index (χ0) is 8.32. The number of aliphatic hydroxyl groups is 1. The number of ether oxygens (including phenoxy) is 1. The highest BCUT2D eigenvalue weighted by molar-refractivity contribution is 5.83. The molecule has 1 amide bonds. The molecule has 0 spiro atoms. The van der Waals surface area contributed by atoms with E-state index < -0.39 is 11.5 Å². The molecule has 0 aromatic carbocycles. The van der Waals surface area contributed by atoms with Crippen LogP contribution in [0.5, 0.6) is 0 Å². The van der Waals surface area contributed by atoms with Gasteiger partial charge in [-0.3, -0.25) is 4.79 Å². The van der Waals surface area contributed by atoms with E-state index in [0.29, 0.717) is 13.0 Å². The minimum atomic E-state index is -1.09. The van der Waals surface area contributed by atoms with Crippen LogP contribution in [0.2, 0.25) is 0 Å². The zero-order valence-electron chi connectivity index (χ0n) is 6.38. The fourth-order valence-corrected chi connectivity index (χ4v) is 1.25. The Bertz CT molecular complexity index is 152. The molecular weight excluding hydrogens is 146 g/mol. The van der Waals surface area contributed by atoms with Crippen LogP contribution in [0.4, 0.5) is 0 Å². The number of amides is 1. The van der Waals surface area contributed by atoms with Gasteiger partial charge in [0, 0.05) is 6.61 Å². The van der Waals surface area contributed by atoms with Crippen molar-refractivity contribution in [3.63, 3.8) is 0 Å². The van der Waals surface area contributed by atoms with Gasteiger partial charge in [0.15, 0.2) is 5.60 Å². The number of carbonyl (C=O) groups excluding carboxylic acids is 1. The summed E-state index contributed by atoms with van der Waals surface area (Å²) in [4.78, 5) is 10.8. The first-order valence-electron chi connectivity index (χ1n) is 3.76. The second kappa shape index (κ2) is 3.19. The van der Waals surface area contributed by atoms with Crippen molar-refractivity contribution in [3.8, 4) is 0 Å². The summed E-state index contributed by atoms with van der Waals surface area (Å²) in [7, 11) is 0. The second-order valence-electron chi connectivity index (χ2n) is 2.82. The van der Waals surface area contributed by atoms with Gasteiger partial charge in [0.25, 0.3) is 5.91 Å². The van der Waals surface area contributed by atoms with E-state index >= 15 is 0 Å². The lowest BCUT2D eigenvalue weighted by atomic mass is 9.94. The van der Waals surface area contributed by atoms with Crippen LogP contribution in [-0.4, -0.2) is 29.8 Å². The van der Waals surface area contributed by atoms with Crippen LogP contribution in [0.15, 0.2) is 0 Å². The fourth-order valence-electron chi connectivity index (χ4n) is 1.25. The zero-order valence-corrected chi connectivity index (χ0v) is 6.38. The molecule has 1 rings (SSSR count). The van der Waals surface area contributed by atoms with Gasteiger partial charge >= 0.3 is 0 Å². The molecule has 1 fully saturated rings. The summed E-state index contributed by atoms with van der Waals surface area (Å²) in [5, 5.41) is 8.89. The number of primary amides is 1. The van der Waals surface area contributed by atoms with Gasteiger partial charge in [-0.15, -0.1) is 0 Å². The third kappa shape index (κ3) is 1.52. The number of hydrogen-bond donors (Lipinski definition) is 2. The molecule has 0 saturated carbocycles. The summed E-state index contributed by atoms with van der Waals surface area (Å²) in [6.45, 7) is 0.214. The normalized spacial score (nSPS) is 31.7. The standard InChI is InChI=1S/C7H13NO3/c8-6(10)7(5-9)3-1-2-4-11-7/h9H,1-5H2,(H2,8,10). The largest absolute Gasteiger partial charge is 0.393 e. The Morgan fingerprint density at radius 3 is 2.64 bits per heavy atom. The van der Waals surface area contributed by atoms with Crippen LogP contribution in [0, 0.1) is 0 Å². The van der Waals surface area contributed by atoms with Crippen molar-refractivity contribution in [3.05, 3.63) is 0 Å². The number of hydrogen-bond acceptors (Lipinski definition) is 3. The van der Waals surface area contributed by atoms with Crippen LogP contribution < -0.4 is 5.73 Å². The third-order valence-electron chi connectivity index (χ3n) is 2.06. The highest BCUT2D eigenvalue weighted by atomic mass is 16.5. The van der Waals surface area contributed by atoms with Gasteiger partial charge in [-0.1, -0.05) is 0 Å². The summed E-state index contributed by atoms with van der Waals surface area (Å²) in [6, 6.07) is 0. The molecule has 1 aliphatic heterocycles. The second-order valence-corrected chi connectivity index (χ2v) is 2.82. The first kappa shape index (κ1) is 8.49. The quantitative estimate of drug-likeness (QED) is 0.565. The molecule has 0 bridgehead atoms. The van der Waals surface area contributed by atoms with E-state index in [9.17, 15) is 4.79 Å². The minimum Gasteiger partial charge on any atom is -0.393 e. The maximum Gasteiger partial charge on any atom is 0.252 e. The molecule has 1 aliphatic rings. The lowest BCUT2D eigenvalue weighted by molar-refractivity contribution is -0.157. The number of nitrogens with two attached hydrogens (primary N) is 1. The van der Waals surface area contributed by atoms with Gasteiger partial charge in [-0.25, -0.2) is 0 Å². The summed E-state index contributed by atoms with van der Waals surface area (Å²) in [5.74, 6) is -0.556. The van der Waals surface area contributed by atoms with Crippen molar-refractivity contribution in [2.24, 2.45) is 5.73 Å². The van der Waals surface area contributed by atoms with Crippen molar-refractivity contribution >= 4 is 5.91 Å². The molecule has 0 aliphatic carbocycles. The van der Waals surface area contributed by atoms with Gasteiger partial charge in [0.1, 0.15) is 0 Å². The van der Waals surface area contributed by atoms with Crippen molar-refractivity contribution in [2.75, 3.05) is 13.2 Å². The molecule has 4 nitrogen and oxygen atoms in total. The first-order chi connectivity index (χ1) is 5.21. The van der Waals surface area contributed by atoms with Gasteiger partial charge in [0.05, 0.1) is 6.61 Å². The first-order valence-corrected chi connectivity index (χ1v) is 3.76. The SMILES string of the molecule is NC(=O)C1(CO)CCCCO1. The van der Waals surface area contributed by atoms with Gasteiger partial charge in [0.2, 0.25) is 0 Å². The van der Waals surface area contributed by atoms with Crippen LogP contribution >= 0.6 is 0 Å². The third-order valence-corrected chi connectivity index (χ3v) is 2.06. The topological polar surface area (TPSA) is 72.6 Å². The van der Waals surface area contributed by atoms with Crippen molar-refractivity contribution in [1.29, 1.82) is 0 Å². The predicted octanol–water partition coefficient (Wildman–Crippen LogP) is -0.597. The van der Waals surface area contributed by atoms with E-state index in [0.717, 1.165) is 12.8 Å². The monoisotopic (exact) mass is 159 g/mol. The average Bonchev–Trinajstić information content (AvgIpc) is 2.05.